The van der Waals surface area contributed by atoms with Gasteiger partial charge in [0.15, 0.2) is 17.3 Å². The van der Waals surface area contributed by atoms with Crippen molar-refractivity contribution in [3.05, 3.63) is 115 Å². The Labute approximate surface area is 291 Å². The predicted molar refractivity (Wildman–Crippen MR) is 201 cm³/mol. The van der Waals surface area contributed by atoms with Crippen molar-refractivity contribution in [1.82, 2.24) is 19.5 Å². The number of fused-ring (bicyclic) bond motifs is 11. The zero-order valence-electron chi connectivity index (χ0n) is 26.4. The molecule has 4 aromatic heterocycles. The zero-order valence-corrected chi connectivity index (χ0v) is 27.2. The molecule has 0 saturated heterocycles. The fraction of sp³-hybridized carbons (Fsp3) is 0. The van der Waals surface area contributed by atoms with Gasteiger partial charge >= 0.3 is 0 Å². The Morgan fingerprint density at radius 2 is 1.20 bits per heavy atom. The van der Waals surface area contributed by atoms with E-state index in [0.29, 0.717) is 11.1 Å². The average Bonchev–Trinajstić information content (AvgIpc) is 3.73. The molecular weight excluding hydrogens is 661 g/mol. The summed E-state index contributed by atoms with van der Waals surface area (Å²) >= 11 is 1.81. The summed E-state index contributed by atoms with van der Waals surface area (Å²) in [7, 11) is 0. The van der Waals surface area contributed by atoms with Crippen molar-refractivity contribution in [2.24, 2.45) is 0 Å². The Morgan fingerprint density at radius 1 is 0.549 bits per heavy atom. The van der Waals surface area contributed by atoms with Crippen LogP contribution in [-0.4, -0.2) is 45.1 Å². The first-order valence-corrected chi connectivity index (χ1v) is 16.9. The van der Waals surface area contributed by atoms with Crippen LogP contribution in [0.15, 0.2) is 115 Å². The molecule has 51 heavy (non-hydrogen) atoms. The third-order valence-electron chi connectivity index (χ3n) is 9.59. The van der Waals surface area contributed by atoms with Gasteiger partial charge in [-0.3, -0.25) is 4.98 Å². The molecule has 244 valence electrons. The van der Waals surface area contributed by atoms with E-state index in [2.05, 4.69) is 87.3 Å². The number of thiophene rings is 1. The quantitative estimate of drug-likeness (QED) is 0.0914. The Balaban J connectivity index is 1.23. The molecule has 0 atom stereocenters. The highest BCUT2D eigenvalue weighted by Crippen LogP contribution is 2.55. The molecular formula is C41H24N4O5S. The number of rotatable bonds is 3. The number of pyridine rings is 1. The van der Waals surface area contributed by atoms with Crippen LogP contribution in [0.4, 0.5) is 0 Å². The summed E-state index contributed by atoms with van der Waals surface area (Å²) in [5.74, 6) is -4.52. The fourth-order valence-electron chi connectivity index (χ4n) is 7.33. The van der Waals surface area contributed by atoms with Gasteiger partial charge in [-0.15, -0.1) is 11.3 Å². The van der Waals surface area contributed by atoms with E-state index in [9.17, 15) is 25.5 Å². The lowest BCUT2D eigenvalue weighted by Gasteiger charge is -2.14. The first-order chi connectivity index (χ1) is 24.9. The largest absolute Gasteiger partial charge is 0.504 e. The molecule has 10 heteroatoms. The lowest BCUT2D eigenvalue weighted by Crippen LogP contribution is -1.98. The smallest absolute Gasteiger partial charge is 0.208 e. The van der Waals surface area contributed by atoms with E-state index in [4.69, 9.17) is 4.98 Å². The van der Waals surface area contributed by atoms with Gasteiger partial charge in [-0.2, -0.15) is 0 Å². The van der Waals surface area contributed by atoms with Gasteiger partial charge in [0.2, 0.25) is 17.2 Å². The Morgan fingerprint density at radius 3 is 1.96 bits per heavy atom. The molecule has 0 unspecified atom stereocenters. The third kappa shape index (κ3) is 3.99. The summed E-state index contributed by atoms with van der Waals surface area (Å²) in [5, 5.41) is 59.4. The van der Waals surface area contributed by atoms with E-state index >= 15 is 0 Å². The van der Waals surface area contributed by atoms with Gasteiger partial charge in [-0.25, -0.2) is 9.97 Å². The number of phenols is 5. The maximum Gasteiger partial charge on any atom is 0.208 e. The van der Waals surface area contributed by atoms with E-state index in [1.54, 1.807) is 12.1 Å². The van der Waals surface area contributed by atoms with E-state index < -0.39 is 34.3 Å². The molecule has 0 bridgehead atoms. The van der Waals surface area contributed by atoms with Gasteiger partial charge in [0.25, 0.3) is 0 Å². The summed E-state index contributed by atoms with van der Waals surface area (Å²) in [6, 6.07) is 36.8. The van der Waals surface area contributed by atoms with Crippen LogP contribution in [0, 0.1) is 0 Å². The molecule has 10 aromatic rings. The molecule has 0 aliphatic rings. The molecule has 0 saturated carbocycles. The number of hydrogen-bond acceptors (Lipinski definition) is 9. The predicted octanol–water partition coefficient (Wildman–Crippen LogP) is 9.50. The lowest BCUT2D eigenvalue weighted by atomic mass is 10.00. The van der Waals surface area contributed by atoms with Crippen LogP contribution >= 0.6 is 11.3 Å². The monoisotopic (exact) mass is 684 g/mol. The molecule has 9 nitrogen and oxygen atoms in total. The maximum atomic E-state index is 10.8. The van der Waals surface area contributed by atoms with Crippen LogP contribution in [0.1, 0.15) is 0 Å². The number of para-hydroxylation sites is 1. The number of nitrogens with zero attached hydrogens (tertiary/aromatic N) is 4. The first kappa shape index (κ1) is 29.0. The van der Waals surface area contributed by atoms with Crippen LogP contribution in [0.3, 0.4) is 0 Å². The van der Waals surface area contributed by atoms with Crippen molar-refractivity contribution in [3.8, 4) is 57.1 Å². The summed E-state index contributed by atoms with van der Waals surface area (Å²) < 4.78 is 4.78. The van der Waals surface area contributed by atoms with E-state index in [1.807, 2.05) is 35.6 Å². The SMILES string of the molecule is Oc1c(O)c(O)c(-c2nc(-c3ccc(-n4c5ccccc5c5c6ccccc6c6sc7ccccc7c6c54)cc3)nc3cccnc23)c(O)c1O. The highest BCUT2D eigenvalue weighted by atomic mass is 32.1. The van der Waals surface area contributed by atoms with E-state index in [0.717, 1.165) is 22.1 Å². The van der Waals surface area contributed by atoms with Gasteiger partial charge in [0.05, 0.1) is 22.1 Å². The van der Waals surface area contributed by atoms with Crippen molar-refractivity contribution < 1.29 is 25.5 Å². The van der Waals surface area contributed by atoms with Gasteiger partial charge in [-0.05, 0) is 53.9 Å². The number of benzene rings is 6. The highest BCUT2D eigenvalue weighted by molar-refractivity contribution is 7.27. The Bertz CT molecular complexity index is 3070. The fourth-order valence-corrected chi connectivity index (χ4v) is 8.57. The van der Waals surface area contributed by atoms with Gasteiger partial charge < -0.3 is 30.1 Å². The molecule has 0 radical (unpaired) electrons. The van der Waals surface area contributed by atoms with Crippen LogP contribution < -0.4 is 0 Å². The molecule has 0 fully saturated rings. The topological polar surface area (TPSA) is 145 Å². The second-order valence-corrected chi connectivity index (χ2v) is 13.4. The Kier molecular flexibility index (Phi) is 6.00. The van der Waals surface area contributed by atoms with Crippen LogP contribution in [0.5, 0.6) is 28.7 Å². The van der Waals surface area contributed by atoms with Gasteiger partial charge in [0.1, 0.15) is 11.2 Å². The second kappa shape index (κ2) is 10.5. The molecule has 4 heterocycles. The van der Waals surface area contributed by atoms with E-state index in [-0.39, 0.29) is 17.0 Å². The normalized spacial score (nSPS) is 11.9. The average molecular weight is 685 g/mol. The minimum absolute atomic E-state index is 0.0405. The summed E-state index contributed by atoms with van der Waals surface area (Å²) in [6.07, 6.45) is 1.50. The molecule has 5 N–H and O–H groups in total. The van der Waals surface area contributed by atoms with Gasteiger partial charge in [0, 0.05) is 53.8 Å². The Hall–Kier alpha value is -6.91. The van der Waals surface area contributed by atoms with Crippen LogP contribution in [0.2, 0.25) is 0 Å². The molecule has 10 rings (SSSR count). The number of aromatic hydroxyl groups is 5. The number of phenolic OH excluding ortho intramolecular Hbond substituents is 5. The summed E-state index contributed by atoms with van der Waals surface area (Å²) in [4.78, 5) is 13.7. The van der Waals surface area contributed by atoms with Crippen molar-refractivity contribution in [2.45, 2.75) is 0 Å². The van der Waals surface area contributed by atoms with Gasteiger partial charge in [-0.1, -0.05) is 60.7 Å². The molecule has 0 aliphatic heterocycles. The van der Waals surface area contributed by atoms with Crippen molar-refractivity contribution in [2.75, 3.05) is 0 Å². The van der Waals surface area contributed by atoms with E-state index in [1.165, 1.54) is 42.5 Å². The summed E-state index contributed by atoms with van der Waals surface area (Å²) in [6.45, 7) is 0. The minimum atomic E-state index is -1.05. The maximum absolute atomic E-state index is 10.8. The summed E-state index contributed by atoms with van der Waals surface area (Å²) in [5.41, 5.74) is 3.94. The van der Waals surface area contributed by atoms with Crippen molar-refractivity contribution in [1.29, 1.82) is 0 Å². The van der Waals surface area contributed by atoms with Crippen LogP contribution in [0.25, 0.3) is 92.1 Å². The number of aromatic nitrogens is 4. The molecule has 0 amide bonds. The molecule has 0 aliphatic carbocycles. The minimum Gasteiger partial charge on any atom is -0.504 e. The molecule has 6 aromatic carbocycles. The van der Waals surface area contributed by atoms with Crippen molar-refractivity contribution >= 4 is 75.1 Å². The first-order valence-electron chi connectivity index (χ1n) is 16.1. The zero-order chi connectivity index (χ0) is 34.5. The van der Waals surface area contributed by atoms with Crippen LogP contribution in [-0.2, 0) is 0 Å². The number of hydrogen-bond donors (Lipinski definition) is 5. The second-order valence-electron chi connectivity index (χ2n) is 12.4. The van der Waals surface area contributed by atoms with Crippen molar-refractivity contribution in [3.63, 3.8) is 0 Å². The highest BCUT2D eigenvalue weighted by Gasteiger charge is 2.28. The molecule has 0 spiro atoms. The third-order valence-corrected chi connectivity index (χ3v) is 10.8. The lowest BCUT2D eigenvalue weighted by molar-refractivity contribution is 0.330. The standard InChI is InChI=1S/C41H24N4O5S/c46-35-31(36(47)38(49)39(50)37(35)48)33-32-26(12-7-19-42-32)43-41(44-33)20-15-17-21(18-16-20)45-27-13-5-3-10-24(27)29-22-8-1-2-9-23(22)40-30(34(29)45)25-11-4-6-14-28(25)51-40/h1-19,46-50H.